The third-order valence-corrected chi connectivity index (χ3v) is 4.17. The normalized spacial score (nSPS) is 10.9. The second kappa shape index (κ2) is 8.18. The van der Waals surface area contributed by atoms with E-state index in [4.69, 9.17) is 0 Å². The molecule has 0 unspecified atom stereocenters. The topological polar surface area (TPSA) is 93.6 Å². The number of nitro groups is 1. The Bertz CT molecular complexity index is 1100. The maximum Gasteiger partial charge on any atom is 0.270 e. The zero-order chi connectivity index (χ0) is 20.1. The molecule has 29 heavy (non-hydrogen) atoms. The number of non-ortho nitro benzene ring substituents is 1. The second-order valence-electron chi connectivity index (χ2n) is 6.14. The summed E-state index contributed by atoms with van der Waals surface area (Å²) in [4.78, 5) is 19.3. The van der Waals surface area contributed by atoms with Crippen LogP contribution in [0.4, 0.5) is 17.3 Å². The molecule has 0 amide bonds. The maximum atomic E-state index is 10.8. The van der Waals surface area contributed by atoms with E-state index < -0.39 is 4.92 Å². The van der Waals surface area contributed by atoms with Crippen molar-refractivity contribution in [3.05, 3.63) is 101 Å². The fourth-order valence-electron chi connectivity index (χ4n) is 2.74. The van der Waals surface area contributed by atoms with Crippen LogP contribution in [0, 0.1) is 10.1 Å². The molecular formula is C22H15N5O2. The molecule has 0 saturated carbocycles. The van der Waals surface area contributed by atoms with E-state index in [0.29, 0.717) is 5.69 Å². The Morgan fingerprint density at radius 2 is 1.21 bits per heavy atom. The van der Waals surface area contributed by atoms with Crippen molar-refractivity contribution >= 4 is 17.3 Å². The predicted octanol–water partition coefficient (Wildman–Crippen LogP) is 6.13. The summed E-state index contributed by atoms with van der Waals surface area (Å²) in [6.45, 7) is 0. The minimum Gasteiger partial charge on any atom is -0.258 e. The summed E-state index contributed by atoms with van der Waals surface area (Å²) in [6, 6.07) is 27.2. The molecule has 0 fully saturated rings. The van der Waals surface area contributed by atoms with Crippen molar-refractivity contribution in [3.63, 3.8) is 0 Å². The highest BCUT2D eigenvalue weighted by atomic mass is 16.6. The third-order valence-electron chi connectivity index (χ3n) is 4.17. The van der Waals surface area contributed by atoms with Gasteiger partial charge in [0.25, 0.3) is 11.6 Å². The molecule has 1 heterocycles. The van der Waals surface area contributed by atoms with E-state index in [2.05, 4.69) is 20.2 Å². The third kappa shape index (κ3) is 4.36. The highest BCUT2D eigenvalue weighted by molar-refractivity contribution is 5.69. The number of hydrogen-bond donors (Lipinski definition) is 0. The molecule has 0 aliphatic heterocycles. The van der Waals surface area contributed by atoms with Gasteiger partial charge in [0.05, 0.1) is 22.0 Å². The van der Waals surface area contributed by atoms with Gasteiger partial charge in [0.15, 0.2) is 0 Å². The van der Waals surface area contributed by atoms with Crippen molar-refractivity contribution in [2.24, 2.45) is 10.2 Å². The first-order valence-corrected chi connectivity index (χ1v) is 8.85. The van der Waals surface area contributed by atoms with Crippen LogP contribution in [0.2, 0.25) is 0 Å². The quantitative estimate of drug-likeness (QED) is 0.236. The lowest BCUT2D eigenvalue weighted by Crippen LogP contribution is -1.91. The Balaban J connectivity index is 1.73. The van der Waals surface area contributed by atoms with Crippen molar-refractivity contribution in [3.8, 4) is 22.5 Å². The number of nitrogens with zero attached hydrogens (tertiary/aromatic N) is 5. The van der Waals surface area contributed by atoms with Gasteiger partial charge < -0.3 is 0 Å². The Hall–Kier alpha value is -4.26. The van der Waals surface area contributed by atoms with Crippen LogP contribution < -0.4 is 0 Å². The first kappa shape index (κ1) is 18.1. The lowest BCUT2D eigenvalue weighted by molar-refractivity contribution is -0.384. The van der Waals surface area contributed by atoms with Gasteiger partial charge in [-0.1, -0.05) is 60.7 Å². The molecule has 0 N–H and O–H groups in total. The molecule has 0 atom stereocenters. The van der Waals surface area contributed by atoms with Crippen molar-refractivity contribution < 1.29 is 4.92 Å². The minimum absolute atomic E-state index is 0.00219. The molecule has 0 bridgehead atoms. The number of nitro benzene ring substituents is 1. The average Bonchev–Trinajstić information content (AvgIpc) is 2.79. The summed E-state index contributed by atoms with van der Waals surface area (Å²) in [5, 5.41) is 19.0. The summed E-state index contributed by atoms with van der Waals surface area (Å²) >= 11 is 0. The lowest BCUT2D eigenvalue weighted by Gasteiger charge is -2.06. The molecule has 0 radical (unpaired) electrons. The molecule has 7 heteroatoms. The van der Waals surface area contributed by atoms with Crippen LogP contribution in [0.15, 0.2) is 101 Å². The molecule has 0 aliphatic rings. The van der Waals surface area contributed by atoms with Crippen LogP contribution in [0.1, 0.15) is 0 Å². The molecule has 140 valence electrons. The molecule has 4 aromatic rings. The van der Waals surface area contributed by atoms with Gasteiger partial charge in [-0.25, -0.2) is 9.97 Å². The van der Waals surface area contributed by atoms with Gasteiger partial charge in [0.1, 0.15) is 0 Å². The molecule has 3 aromatic carbocycles. The van der Waals surface area contributed by atoms with Gasteiger partial charge >= 0.3 is 0 Å². The molecule has 0 aliphatic carbocycles. The van der Waals surface area contributed by atoms with Gasteiger partial charge in [-0.15, -0.1) is 10.2 Å². The molecule has 0 saturated heterocycles. The van der Waals surface area contributed by atoms with E-state index in [9.17, 15) is 10.1 Å². The van der Waals surface area contributed by atoms with E-state index in [1.54, 1.807) is 0 Å². The molecular weight excluding hydrogens is 366 g/mol. The summed E-state index contributed by atoms with van der Waals surface area (Å²) < 4.78 is 0. The SMILES string of the molecule is O=[N+]([O-])c1ccc(N=Nc2nc(-c3ccccc3)cc(-c3ccccc3)n2)cc1. The smallest absolute Gasteiger partial charge is 0.258 e. The minimum atomic E-state index is -0.459. The van der Waals surface area contributed by atoms with Gasteiger partial charge in [0.2, 0.25) is 0 Å². The van der Waals surface area contributed by atoms with Crippen LogP contribution in [-0.2, 0) is 0 Å². The molecule has 4 rings (SSSR count). The van der Waals surface area contributed by atoms with Gasteiger partial charge in [-0.2, -0.15) is 0 Å². The van der Waals surface area contributed by atoms with E-state index >= 15 is 0 Å². The predicted molar refractivity (Wildman–Crippen MR) is 110 cm³/mol. The fraction of sp³-hybridized carbons (Fsp3) is 0. The molecule has 0 spiro atoms. The van der Waals surface area contributed by atoms with E-state index in [1.807, 2.05) is 66.7 Å². The first-order chi connectivity index (χ1) is 14.2. The number of benzene rings is 3. The number of rotatable bonds is 5. The zero-order valence-electron chi connectivity index (χ0n) is 15.2. The van der Waals surface area contributed by atoms with E-state index in [0.717, 1.165) is 22.5 Å². The number of hydrogen-bond acceptors (Lipinski definition) is 6. The highest BCUT2D eigenvalue weighted by Crippen LogP contribution is 2.27. The van der Waals surface area contributed by atoms with Crippen molar-refractivity contribution in [1.29, 1.82) is 0 Å². The van der Waals surface area contributed by atoms with Gasteiger partial charge in [-0.05, 0) is 18.2 Å². The second-order valence-corrected chi connectivity index (χ2v) is 6.14. The maximum absolute atomic E-state index is 10.8. The number of azo groups is 1. The first-order valence-electron chi connectivity index (χ1n) is 8.85. The van der Waals surface area contributed by atoms with Gasteiger partial charge in [-0.3, -0.25) is 10.1 Å². The largest absolute Gasteiger partial charge is 0.270 e. The lowest BCUT2D eigenvalue weighted by atomic mass is 10.1. The van der Waals surface area contributed by atoms with Crippen molar-refractivity contribution in [2.45, 2.75) is 0 Å². The van der Waals surface area contributed by atoms with Crippen molar-refractivity contribution in [2.75, 3.05) is 0 Å². The standard InChI is InChI=1S/C22H15N5O2/c28-27(29)19-13-11-18(12-14-19)25-26-22-23-20(16-7-3-1-4-8-16)15-21(24-22)17-9-5-2-6-10-17/h1-15H. The van der Waals surface area contributed by atoms with Gasteiger partial charge in [0, 0.05) is 23.3 Å². The summed E-state index contributed by atoms with van der Waals surface area (Å²) in [6.07, 6.45) is 0. The summed E-state index contributed by atoms with van der Waals surface area (Å²) in [5.41, 5.74) is 3.83. The monoisotopic (exact) mass is 381 g/mol. The highest BCUT2D eigenvalue weighted by Gasteiger charge is 2.09. The van der Waals surface area contributed by atoms with E-state index in [-0.39, 0.29) is 11.6 Å². The summed E-state index contributed by atoms with van der Waals surface area (Å²) in [5.74, 6) is 0.212. The number of aromatic nitrogens is 2. The van der Waals surface area contributed by atoms with Crippen LogP contribution in [-0.4, -0.2) is 14.9 Å². The van der Waals surface area contributed by atoms with Crippen LogP contribution >= 0.6 is 0 Å². The fourth-order valence-corrected chi connectivity index (χ4v) is 2.74. The molecule has 7 nitrogen and oxygen atoms in total. The van der Waals surface area contributed by atoms with Crippen LogP contribution in [0.25, 0.3) is 22.5 Å². The Labute approximate surface area is 166 Å². The van der Waals surface area contributed by atoms with Crippen LogP contribution in [0.3, 0.4) is 0 Å². The van der Waals surface area contributed by atoms with Crippen LogP contribution in [0.5, 0.6) is 0 Å². The summed E-state index contributed by atoms with van der Waals surface area (Å²) in [7, 11) is 0. The average molecular weight is 381 g/mol. The Kier molecular flexibility index (Phi) is 5.11. The zero-order valence-corrected chi connectivity index (χ0v) is 15.2. The van der Waals surface area contributed by atoms with Crippen molar-refractivity contribution in [1.82, 2.24) is 9.97 Å². The molecule has 1 aromatic heterocycles. The Morgan fingerprint density at radius 3 is 1.69 bits per heavy atom. The Morgan fingerprint density at radius 1 is 0.690 bits per heavy atom. The van der Waals surface area contributed by atoms with E-state index in [1.165, 1.54) is 24.3 Å².